The van der Waals surface area contributed by atoms with E-state index in [0.717, 1.165) is 64.1 Å². The van der Waals surface area contributed by atoms with Gasteiger partial charge in [-0.3, -0.25) is 4.79 Å². The van der Waals surface area contributed by atoms with E-state index >= 15 is 0 Å². The first-order valence-corrected chi connectivity index (χ1v) is 8.78. The number of likely N-dealkylation sites (tertiary alicyclic amines) is 1. The molecule has 2 heterocycles. The van der Waals surface area contributed by atoms with Crippen molar-refractivity contribution in [2.24, 2.45) is 0 Å². The van der Waals surface area contributed by atoms with Crippen LogP contribution in [0.15, 0.2) is 12.1 Å². The van der Waals surface area contributed by atoms with Crippen molar-refractivity contribution >= 4 is 5.91 Å². The van der Waals surface area contributed by atoms with Crippen LogP contribution in [0, 0.1) is 17.5 Å². The van der Waals surface area contributed by atoms with Gasteiger partial charge in [-0.05, 0) is 31.7 Å². The number of rotatable bonds is 4. The normalized spacial score (nSPS) is 20.6. The minimum atomic E-state index is -1.53. The lowest BCUT2D eigenvalue weighted by atomic mass is 9.99. The summed E-state index contributed by atoms with van der Waals surface area (Å²) >= 11 is 0. The third kappa shape index (κ3) is 4.52. The molecule has 2 fully saturated rings. The van der Waals surface area contributed by atoms with E-state index in [4.69, 9.17) is 4.74 Å². The summed E-state index contributed by atoms with van der Waals surface area (Å²) in [6.07, 6.45) is 3.48. The Morgan fingerprint density at radius 3 is 2.44 bits per heavy atom. The number of ether oxygens (including phenoxy) is 1. The molecule has 0 aliphatic carbocycles. The van der Waals surface area contributed by atoms with E-state index < -0.39 is 17.5 Å². The summed E-state index contributed by atoms with van der Waals surface area (Å²) in [4.78, 5) is 14.5. The predicted molar refractivity (Wildman–Crippen MR) is 86.6 cm³/mol. The summed E-state index contributed by atoms with van der Waals surface area (Å²) in [5.41, 5.74) is -0.129. The number of hydrogen-bond donors (Lipinski definition) is 1. The molecule has 0 atom stereocenters. The van der Waals surface area contributed by atoms with E-state index in [-0.39, 0.29) is 23.9 Å². The van der Waals surface area contributed by atoms with Crippen molar-refractivity contribution in [1.29, 1.82) is 0 Å². The number of hydrogen-bond acceptors (Lipinski definition) is 3. The molecule has 2 aliphatic heterocycles. The highest BCUT2D eigenvalue weighted by molar-refractivity contribution is 5.78. The highest BCUT2D eigenvalue weighted by Crippen LogP contribution is 2.20. The second-order valence-electron chi connectivity index (χ2n) is 6.73. The van der Waals surface area contributed by atoms with Crippen molar-refractivity contribution in [1.82, 2.24) is 10.2 Å². The number of carbonyl (C=O) groups is 1. The molecule has 1 N–H and O–H groups in total. The smallest absolute Gasteiger partial charge is 0.224 e. The van der Waals surface area contributed by atoms with Crippen molar-refractivity contribution in [2.45, 2.75) is 44.2 Å². The van der Waals surface area contributed by atoms with Gasteiger partial charge in [0.05, 0.1) is 6.42 Å². The van der Waals surface area contributed by atoms with Gasteiger partial charge in [-0.25, -0.2) is 13.2 Å². The van der Waals surface area contributed by atoms with E-state index in [1.165, 1.54) is 0 Å². The van der Waals surface area contributed by atoms with E-state index in [2.05, 4.69) is 10.2 Å². The summed E-state index contributed by atoms with van der Waals surface area (Å²) in [7, 11) is 0. The molecule has 7 heteroatoms. The van der Waals surface area contributed by atoms with Gasteiger partial charge in [0, 0.05) is 44.0 Å². The van der Waals surface area contributed by atoms with Crippen LogP contribution in [0.2, 0.25) is 0 Å². The molecule has 25 heavy (non-hydrogen) atoms. The third-order valence-electron chi connectivity index (χ3n) is 5.07. The number of nitrogens with zero attached hydrogens (tertiary/aromatic N) is 1. The van der Waals surface area contributed by atoms with Gasteiger partial charge >= 0.3 is 0 Å². The lowest BCUT2D eigenvalue weighted by Crippen LogP contribution is -2.49. The molecule has 0 radical (unpaired) electrons. The minimum Gasteiger partial charge on any atom is -0.381 e. The number of benzene rings is 1. The minimum absolute atomic E-state index is 0.0388. The zero-order valence-electron chi connectivity index (χ0n) is 14.1. The number of piperidine rings is 1. The Kier molecular flexibility index (Phi) is 5.96. The molecule has 138 valence electrons. The number of nitrogens with one attached hydrogen (secondary N) is 1. The largest absolute Gasteiger partial charge is 0.381 e. The SMILES string of the molecule is O=C(Cc1ccc(F)c(F)c1F)NC1CCN(C2CCOCC2)CC1. The quantitative estimate of drug-likeness (QED) is 0.843. The molecule has 1 aromatic carbocycles. The molecule has 4 nitrogen and oxygen atoms in total. The molecule has 0 saturated carbocycles. The summed E-state index contributed by atoms with van der Waals surface area (Å²) < 4.78 is 45.2. The van der Waals surface area contributed by atoms with Crippen LogP contribution in [0.3, 0.4) is 0 Å². The topological polar surface area (TPSA) is 41.6 Å². The maximum absolute atomic E-state index is 13.6. The molecule has 0 spiro atoms. The molecule has 2 saturated heterocycles. The maximum Gasteiger partial charge on any atom is 0.224 e. The van der Waals surface area contributed by atoms with Gasteiger partial charge in [0.1, 0.15) is 0 Å². The molecule has 0 unspecified atom stereocenters. The monoisotopic (exact) mass is 356 g/mol. The Balaban J connectivity index is 1.47. The molecular formula is C18H23F3N2O2. The number of carbonyl (C=O) groups excluding carboxylic acids is 1. The molecular weight excluding hydrogens is 333 g/mol. The van der Waals surface area contributed by atoms with Crippen LogP contribution < -0.4 is 5.32 Å². The first-order valence-electron chi connectivity index (χ1n) is 8.78. The van der Waals surface area contributed by atoms with Crippen LogP contribution in [-0.4, -0.2) is 49.2 Å². The van der Waals surface area contributed by atoms with Crippen LogP contribution in [0.5, 0.6) is 0 Å². The molecule has 1 aromatic rings. The first kappa shape index (κ1) is 18.2. The fraction of sp³-hybridized carbons (Fsp3) is 0.611. The van der Waals surface area contributed by atoms with Gasteiger partial charge in [-0.2, -0.15) is 0 Å². The second kappa shape index (κ2) is 8.19. The molecule has 1 amide bonds. The highest BCUT2D eigenvalue weighted by atomic mass is 19.2. The average molecular weight is 356 g/mol. The Morgan fingerprint density at radius 2 is 1.76 bits per heavy atom. The van der Waals surface area contributed by atoms with Crippen LogP contribution in [-0.2, 0) is 16.0 Å². The first-order chi connectivity index (χ1) is 12.0. The average Bonchev–Trinajstić information content (AvgIpc) is 2.63. The maximum atomic E-state index is 13.6. The Labute approximate surface area is 145 Å². The Bertz CT molecular complexity index is 613. The summed E-state index contributed by atoms with van der Waals surface area (Å²) in [5, 5.41) is 2.88. The van der Waals surface area contributed by atoms with Gasteiger partial charge < -0.3 is 15.0 Å². The molecule has 3 rings (SSSR count). The summed E-state index contributed by atoms with van der Waals surface area (Å²) in [5.74, 6) is -4.43. The van der Waals surface area contributed by atoms with Gasteiger partial charge in [0.2, 0.25) is 5.91 Å². The lowest BCUT2D eigenvalue weighted by molar-refractivity contribution is -0.121. The van der Waals surface area contributed by atoms with Gasteiger partial charge in [-0.15, -0.1) is 0 Å². The van der Waals surface area contributed by atoms with Crippen LogP contribution >= 0.6 is 0 Å². The number of halogens is 3. The van der Waals surface area contributed by atoms with Crippen molar-refractivity contribution in [2.75, 3.05) is 26.3 Å². The van der Waals surface area contributed by atoms with Crippen LogP contribution in [0.1, 0.15) is 31.2 Å². The zero-order valence-corrected chi connectivity index (χ0v) is 14.1. The van der Waals surface area contributed by atoms with Crippen molar-refractivity contribution in [3.8, 4) is 0 Å². The van der Waals surface area contributed by atoms with E-state index in [1.54, 1.807) is 0 Å². The predicted octanol–water partition coefficient (Wildman–Crippen LogP) is 2.41. The summed E-state index contributed by atoms with van der Waals surface area (Å²) in [6.45, 7) is 3.44. The van der Waals surface area contributed by atoms with Crippen molar-refractivity contribution in [3.63, 3.8) is 0 Å². The molecule has 0 bridgehead atoms. The second-order valence-corrected chi connectivity index (χ2v) is 6.73. The van der Waals surface area contributed by atoms with E-state index in [9.17, 15) is 18.0 Å². The fourth-order valence-electron chi connectivity index (χ4n) is 3.61. The Hall–Kier alpha value is -1.60. The van der Waals surface area contributed by atoms with Crippen molar-refractivity contribution < 1.29 is 22.7 Å². The summed E-state index contributed by atoms with van der Waals surface area (Å²) in [6, 6.07) is 2.55. The van der Waals surface area contributed by atoms with Crippen LogP contribution in [0.4, 0.5) is 13.2 Å². The zero-order chi connectivity index (χ0) is 17.8. The standard InChI is InChI=1S/C18H23F3N2O2/c19-15-2-1-12(17(20)18(15)21)11-16(24)22-13-3-7-23(8-4-13)14-5-9-25-10-6-14/h1-2,13-14H,3-11H2,(H,22,24). The van der Waals surface area contributed by atoms with Crippen LogP contribution in [0.25, 0.3) is 0 Å². The molecule has 0 aromatic heterocycles. The van der Waals surface area contributed by atoms with Crippen molar-refractivity contribution in [3.05, 3.63) is 35.1 Å². The molecule has 2 aliphatic rings. The van der Waals surface area contributed by atoms with Gasteiger partial charge in [0.15, 0.2) is 17.5 Å². The number of amides is 1. The fourth-order valence-corrected chi connectivity index (χ4v) is 3.61. The lowest BCUT2D eigenvalue weighted by Gasteiger charge is -2.39. The highest BCUT2D eigenvalue weighted by Gasteiger charge is 2.27. The van der Waals surface area contributed by atoms with Gasteiger partial charge in [-0.1, -0.05) is 6.07 Å². The third-order valence-corrected chi connectivity index (χ3v) is 5.07. The van der Waals surface area contributed by atoms with Gasteiger partial charge in [0.25, 0.3) is 0 Å². The van der Waals surface area contributed by atoms with E-state index in [1.807, 2.05) is 0 Å². The van der Waals surface area contributed by atoms with E-state index in [0.29, 0.717) is 6.04 Å². The Morgan fingerprint density at radius 1 is 1.08 bits per heavy atom.